The van der Waals surface area contributed by atoms with Gasteiger partial charge in [0.05, 0.1) is 12.5 Å². The van der Waals surface area contributed by atoms with E-state index in [0.717, 1.165) is 11.5 Å². The van der Waals surface area contributed by atoms with Crippen LogP contribution in [0.2, 0.25) is 0 Å². The fourth-order valence-electron chi connectivity index (χ4n) is 1.28. The topological polar surface area (TPSA) is 26.3 Å². The summed E-state index contributed by atoms with van der Waals surface area (Å²) in [5.41, 5.74) is 1.29. The van der Waals surface area contributed by atoms with Gasteiger partial charge in [-0.25, -0.2) is 0 Å². The molecule has 0 radical (unpaired) electrons. The van der Waals surface area contributed by atoms with Gasteiger partial charge in [-0.05, 0) is 12.5 Å². The third-order valence-corrected chi connectivity index (χ3v) is 3.44. The molecule has 3 heteroatoms. The number of hydrogen-bond acceptors (Lipinski definition) is 3. The van der Waals surface area contributed by atoms with Crippen molar-refractivity contribution in [3.8, 4) is 0 Å². The van der Waals surface area contributed by atoms with Crippen LogP contribution in [0.4, 0.5) is 0 Å². The largest absolute Gasteiger partial charge is 0.466 e. The highest BCUT2D eigenvalue weighted by Crippen LogP contribution is 2.15. The lowest BCUT2D eigenvalue weighted by Gasteiger charge is -2.09. The molecule has 0 spiro atoms. The molecular weight excluding hydrogens is 220 g/mol. The molecule has 0 heterocycles. The molecule has 1 aromatic carbocycles. The zero-order valence-electron chi connectivity index (χ0n) is 9.81. The van der Waals surface area contributed by atoms with E-state index < -0.39 is 0 Å². The maximum atomic E-state index is 11.3. The molecule has 1 rings (SSSR count). The van der Waals surface area contributed by atoms with Gasteiger partial charge < -0.3 is 4.74 Å². The molecule has 2 nitrogen and oxygen atoms in total. The minimum Gasteiger partial charge on any atom is -0.466 e. The quantitative estimate of drug-likeness (QED) is 0.712. The van der Waals surface area contributed by atoms with Crippen molar-refractivity contribution in [2.24, 2.45) is 5.92 Å². The first-order valence-electron chi connectivity index (χ1n) is 5.52. The summed E-state index contributed by atoms with van der Waals surface area (Å²) >= 11 is 1.77. The number of ether oxygens (including phenoxy) is 1. The van der Waals surface area contributed by atoms with Gasteiger partial charge in [-0.2, -0.15) is 11.8 Å². The van der Waals surface area contributed by atoms with Crippen LogP contribution in [-0.4, -0.2) is 18.3 Å². The normalized spacial score (nSPS) is 12.1. The number of thioether (sulfide) groups is 1. The first-order valence-corrected chi connectivity index (χ1v) is 6.67. The van der Waals surface area contributed by atoms with E-state index in [-0.39, 0.29) is 11.9 Å². The van der Waals surface area contributed by atoms with Crippen LogP contribution in [0.3, 0.4) is 0 Å². The van der Waals surface area contributed by atoms with Gasteiger partial charge in [0, 0.05) is 11.5 Å². The molecule has 0 fully saturated rings. The maximum absolute atomic E-state index is 11.3. The first kappa shape index (κ1) is 13.1. The van der Waals surface area contributed by atoms with Crippen molar-refractivity contribution in [2.75, 3.05) is 12.4 Å². The van der Waals surface area contributed by atoms with Crippen molar-refractivity contribution >= 4 is 17.7 Å². The molecule has 0 bridgehead atoms. The van der Waals surface area contributed by atoms with Crippen molar-refractivity contribution in [1.82, 2.24) is 0 Å². The van der Waals surface area contributed by atoms with Gasteiger partial charge in [0.1, 0.15) is 0 Å². The molecule has 0 saturated carbocycles. The van der Waals surface area contributed by atoms with Crippen LogP contribution in [0.5, 0.6) is 0 Å². The zero-order valence-corrected chi connectivity index (χ0v) is 10.6. The van der Waals surface area contributed by atoms with Crippen molar-refractivity contribution < 1.29 is 9.53 Å². The van der Waals surface area contributed by atoms with Gasteiger partial charge in [0.25, 0.3) is 0 Å². The molecule has 0 aliphatic carbocycles. The van der Waals surface area contributed by atoms with Gasteiger partial charge in [-0.3, -0.25) is 4.79 Å². The summed E-state index contributed by atoms with van der Waals surface area (Å²) in [6.07, 6.45) is 0. The molecule has 0 aliphatic rings. The summed E-state index contributed by atoms with van der Waals surface area (Å²) in [5.74, 6) is 1.65. The molecule has 0 N–H and O–H groups in total. The smallest absolute Gasteiger partial charge is 0.309 e. The number of carbonyl (C=O) groups is 1. The monoisotopic (exact) mass is 238 g/mol. The molecule has 1 aromatic rings. The number of carbonyl (C=O) groups excluding carboxylic acids is 1. The Labute approximate surface area is 101 Å². The van der Waals surface area contributed by atoms with Gasteiger partial charge >= 0.3 is 5.97 Å². The molecular formula is C13H18O2S. The average molecular weight is 238 g/mol. The van der Waals surface area contributed by atoms with Crippen molar-refractivity contribution in [3.05, 3.63) is 35.9 Å². The lowest BCUT2D eigenvalue weighted by Crippen LogP contribution is -2.16. The van der Waals surface area contributed by atoms with Gasteiger partial charge in [-0.15, -0.1) is 0 Å². The maximum Gasteiger partial charge on any atom is 0.309 e. The van der Waals surface area contributed by atoms with Crippen LogP contribution in [0.25, 0.3) is 0 Å². The highest BCUT2D eigenvalue weighted by Gasteiger charge is 2.13. The van der Waals surface area contributed by atoms with Gasteiger partial charge in [-0.1, -0.05) is 37.3 Å². The molecule has 0 aromatic heterocycles. The van der Waals surface area contributed by atoms with Crippen LogP contribution in [0.15, 0.2) is 30.3 Å². The standard InChI is InChI=1S/C13H18O2S/c1-3-15-13(14)11(2)9-16-10-12-7-5-4-6-8-12/h4-8,11H,3,9-10H2,1-2H3. The SMILES string of the molecule is CCOC(=O)C(C)CSCc1ccccc1. The number of hydrogen-bond donors (Lipinski definition) is 0. The lowest BCUT2D eigenvalue weighted by atomic mass is 10.2. The van der Waals surface area contributed by atoms with E-state index in [0.29, 0.717) is 6.61 Å². The van der Waals surface area contributed by atoms with E-state index in [1.165, 1.54) is 5.56 Å². The molecule has 1 unspecified atom stereocenters. The van der Waals surface area contributed by atoms with E-state index in [4.69, 9.17) is 4.74 Å². The van der Waals surface area contributed by atoms with E-state index in [1.807, 2.05) is 32.0 Å². The fourth-order valence-corrected chi connectivity index (χ4v) is 2.32. The minimum atomic E-state index is -0.0944. The summed E-state index contributed by atoms with van der Waals surface area (Å²) in [5, 5.41) is 0. The Hall–Kier alpha value is -0.960. The number of benzene rings is 1. The molecule has 1 atom stereocenters. The Morgan fingerprint density at radius 3 is 2.69 bits per heavy atom. The summed E-state index contributed by atoms with van der Waals surface area (Å²) in [6, 6.07) is 10.3. The molecule has 16 heavy (non-hydrogen) atoms. The van der Waals surface area contributed by atoms with E-state index in [2.05, 4.69) is 12.1 Å². The van der Waals surface area contributed by atoms with Gasteiger partial charge in [0.15, 0.2) is 0 Å². The van der Waals surface area contributed by atoms with Crippen LogP contribution < -0.4 is 0 Å². The number of rotatable bonds is 6. The first-order chi connectivity index (χ1) is 7.74. The second kappa shape index (κ2) is 7.34. The van der Waals surface area contributed by atoms with Crippen molar-refractivity contribution in [3.63, 3.8) is 0 Å². The third kappa shape index (κ3) is 4.71. The molecule has 88 valence electrons. The van der Waals surface area contributed by atoms with Crippen LogP contribution in [0.1, 0.15) is 19.4 Å². The summed E-state index contributed by atoms with van der Waals surface area (Å²) in [6.45, 7) is 4.21. The number of esters is 1. The highest BCUT2D eigenvalue weighted by atomic mass is 32.2. The Kier molecular flexibility index (Phi) is 6.01. The van der Waals surface area contributed by atoms with Gasteiger partial charge in [0.2, 0.25) is 0 Å². The molecule has 0 aliphatic heterocycles. The third-order valence-electron chi connectivity index (χ3n) is 2.17. The Morgan fingerprint density at radius 2 is 2.06 bits per heavy atom. The molecule has 0 amide bonds. The fraction of sp³-hybridized carbons (Fsp3) is 0.462. The zero-order chi connectivity index (χ0) is 11.8. The van der Waals surface area contributed by atoms with Crippen LogP contribution in [-0.2, 0) is 15.3 Å². The van der Waals surface area contributed by atoms with E-state index in [9.17, 15) is 4.79 Å². The second-order valence-electron chi connectivity index (χ2n) is 3.65. The van der Waals surface area contributed by atoms with E-state index >= 15 is 0 Å². The van der Waals surface area contributed by atoms with Crippen molar-refractivity contribution in [2.45, 2.75) is 19.6 Å². The lowest BCUT2D eigenvalue weighted by molar-refractivity contribution is -0.146. The predicted molar refractivity (Wildman–Crippen MR) is 68.4 cm³/mol. The van der Waals surface area contributed by atoms with Crippen LogP contribution in [0, 0.1) is 5.92 Å². The average Bonchev–Trinajstić information content (AvgIpc) is 2.30. The van der Waals surface area contributed by atoms with E-state index in [1.54, 1.807) is 11.8 Å². The minimum absolute atomic E-state index is 0.0198. The van der Waals surface area contributed by atoms with Crippen LogP contribution >= 0.6 is 11.8 Å². The van der Waals surface area contributed by atoms with Crippen molar-refractivity contribution in [1.29, 1.82) is 0 Å². The molecule has 0 saturated heterocycles. The summed E-state index contributed by atoms with van der Waals surface area (Å²) < 4.78 is 4.95. The Morgan fingerprint density at radius 1 is 1.38 bits per heavy atom. The highest BCUT2D eigenvalue weighted by molar-refractivity contribution is 7.98. The summed E-state index contributed by atoms with van der Waals surface area (Å²) in [7, 11) is 0. The Balaban J connectivity index is 2.23. The second-order valence-corrected chi connectivity index (χ2v) is 4.68. The Bertz CT molecular complexity index is 311. The predicted octanol–water partition coefficient (Wildman–Crippen LogP) is 3.12. The summed E-state index contributed by atoms with van der Waals surface area (Å²) in [4.78, 5) is 11.3.